The molecule has 2 heterocycles. The normalized spacial score (nSPS) is 11.8. The van der Waals surface area contributed by atoms with Gasteiger partial charge in [0, 0.05) is 6.20 Å². The van der Waals surface area contributed by atoms with Gasteiger partial charge in [-0.1, -0.05) is 6.07 Å². The van der Waals surface area contributed by atoms with Crippen molar-refractivity contribution >= 4 is 11.9 Å². The van der Waals surface area contributed by atoms with Crippen molar-refractivity contribution in [2.75, 3.05) is 0 Å². The summed E-state index contributed by atoms with van der Waals surface area (Å²) in [5.41, 5.74) is 0.310. The molecule has 2 rings (SSSR count). The third-order valence-electron chi connectivity index (χ3n) is 2.55. The van der Waals surface area contributed by atoms with Gasteiger partial charge in [-0.25, -0.2) is 9.78 Å². The van der Waals surface area contributed by atoms with E-state index in [2.05, 4.69) is 20.3 Å². The van der Waals surface area contributed by atoms with Crippen LogP contribution in [-0.4, -0.2) is 31.9 Å². The van der Waals surface area contributed by atoms with Crippen LogP contribution in [0.2, 0.25) is 0 Å². The molecule has 1 unspecified atom stereocenters. The molecule has 0 saturated carbocycles. The van der Waals surface area contributed by atoms with E-state index in [1.807, 2.05) is 6.07 Å². The van der Waals surface area contributed by atoms with Gasteiger partial charge >= 0.3 is 5.97 Å². The minimum Gasteiger partial charge on any atom is -0.477 e. The smallest absolute Gasteiger partial charge is 0.354 e. The zero-order valence-corrected chi connectivity index (χ0v) is 10.1. The van der Waals surface area contributed by atoms with Crippen molar-refractivity contribution < 1.29 is 14.7 Å². The fourth-order valence-electron chi connectivity index (χ4n) is 1.60. The number of carboxylic acid groups (broad SMARTS) is 1. The zero-order valence-electron chi connectivity index (χ0n) is 10.1. The van der Waals surface area contributed by atoms with Gasteiger partial charge in [-0.15, -0.1) is 0 Å². The number of aromatic amines is 1. The molecule has 0 aliphatic rings. The first-order valence-electron chi connectivity index (χ1n) is 5.58. The molecule has 0 radical (unpaired) electrons. The molecule has 0 saturated heterocycles. The van der Waals surface area contributed by atoms with Crippen LogP contribution in [0.4, 0.5) is 0 Å². The summed E-state index contributed by atoms with van der Waals surface area (Å²) in [6, 6.07) is 5.01. The van der Waals surface area contributed by atoms with Crippen LogP contribution in [0.15, 0.2) is 30.7 Å². The number of hydrogen-bond acceptors (Lipinski definition) is 4. The van der Waals surface area contributed by atoms with E-state index in [-0.39, 0.29) is 17.4 Å². The summed E-state index contributed by atoms with van der Waals surface area (Å²) in [4.78, 5) is 33.0. The van der Waals surface area contributed by atoms with Gasteiger partial charge in [-0.05, 0) is 19.1 Å². The number of carboxylic acids is 1. The van der Waals surface area contributed by atoms with E-state index in [1.165, 1.54) is 6.33 Å². The molecule has 0 fully saturated rings. The fourth-order valence-corrected chi connectivity index (χ4v) is 1.60. The fraction of sp³-hybridized carbons (Fsp3) is 0.167. The van der Waals surface area contributed by atoms with Crippen LogP contribution in [0.25, 0.3) is 0 Å². The van der Waals surface area contributed by atoms with E-state index >= 15 is 0 Å². The molecule has 0 aliphatic carbocycles. The Kier molecular flexibility index (Phi) is 3.56. The predicted molar refractivity (Wildman–Crippen MR) is 65.7 cm³/mol. The van der Waals surface area contributed by atoms with Gasteiger partial charge in [0.05, 0.1) is 18.1 Å². The number of H-pyrrole nitrogens is 1. The first-order chi connectivity index (χ1) is 9.09. The van der Waals surface area contributed by atoms with Gasteiger partial charge in [-0.2, -0.15) is 0 Å². The van der Waals surface area contributed by atoms with E-state index in [9.17, 15) is 9.59 Å². The first kappa shape index (κ1) is 12.7. The van der Waals surface area contributed by atoms with Gasteiger partial charge in [-0.3, -0.25) is 9.78 Å². The van der Waals surface area contributed by atoms with Crippen LogP contribution < -0.4 is 5.32 Å². The third kappa shape index (κ3) is 2.76. The second-order valence-corrected chi connectivity index (χ2v) is 3.88. The van der Waals surface area contributed by atoms with Crippen LogP contribution in [0, 0.1) is 0 Å². The third-order valence-corrected chi connectivity index (χ3v) is 2.55. The van der Waals surface area contributed by atoms with E-state index < -0.39 is 11.9 Å². The molecule has 98 valence electrons. The van der Waals surface area contributed by atoms with Crippen molar-refractivity contribution in [1.29, 1.82) is 0 Å². The summed E-state index contributed by atoms with van der Waals surface area (Å²) < 4.78 is 0. The summed E-state index contributed by atoms with van der Waals surface area (Å²) in [5.74, 6) is -1.79. The molecule has 0 aliphatic heterocycles. The summed E-state index contributed by atoms with van der Waals surface area (Å²) in [6.07, 6.45) is 2.79. The minimum atomic E-state index is -1.23. The molecule has 1 atom stereocenters. The molecule has 0 bridgehead atoms. The van der Waals surface area contributed by atoms with Crippen molar-refractivity contribution in [3.8, 4) is 0 Å². The molecule has 19 heavy (non-hydrogen) atoms. The van der Waals surface area contributed by atoms with Crippen LogP contribution in [-0.2, 0) is 0 Å². The van der Waals surface area contributed by atoms with Crippen molar-refractivity contribution in [3.05, 3.63) is 47.8 Å². The Hall–Kier alpha value is -2.70. The molecule has 7 nitrogen and oxygen atoms in total. The molecule has 0 spiro atoms. The number of nitrogens with one attached hydrogen (secondary N) is 2. The van der Waals surface area contributed by atoms with Gasteiger partial charge in [0.15, 0.2) is 11.4 Å². The SMILES string of the molecule is CC(NC(=O)c1nc[nH]c1C(=O)O)c1ccccn1. The number of aromatic carboxylic acids is 1. The topological polar surface area (TPSA) is 108 Å². The highest BCUT2D eigenvalue weighted by Gasteiger charge is 2.21. The van der Waals surface area contributed by atoms with Crippen molar-refractivity contribution in [1.82, 2.24) is 20.3 Å². The van der Waals surface area contributed by atoms with Crippen LogP contribution in [0.1, 0.15) is 39.6 Å². The Labute approximate surface area is 108 Å². The quantitative estimate of drug-likeness (QED) is 0.759. The number of aromatic nitrogens is 3. The summed E-state index contributed by atoms with van der Waals surface area (Å²) in [5, 5.41) is 11.5. The average Bonchev–Trinajstić information content (AvgIpc) is 2.89. The summed E-state index contributed by atoms with van der Waals surface area (Å²) in [6.45, 7) is 1.76. The molecule has 7 heteroatoms. The molecule has 3 N–H and O–H groups in total. The molecule has 1 amide bonds. The van der Waals surface area contributed by atoms with Gasteiger partial charge in [0.1, 0.15) is 0 Å². The average molecular weight is 260 g/mol. The lowest BCUT2D eigenvalue weighted by Crippen LogP contribution is -2.28. The number of amides is 1. The second-order valence-electron chi connectivity index (χ2n) is 3.88. The van der Waals surface area contributed by atoms with E-state index in [1.54, 1.807) is 25.3 Å². The highest BCUT2D eigenvalue weighted by Crippen LogP contribution is 2.10. The minimum absolute atomic E-state index is 0.143. The van der Waals surface area contributed by atoms with Crippen LogP contribution in [0.3, 0.4) is 0 Å². The molecular formula is C12H12N4O3. The van der Waals surface area contributed by atoms with Gasteiger partial charge < -0.3 is 15.4 Å². The maximum absolute atomic E-state index is 11.9. The highest BCUT2D eigenvalue weighted by molar-refractivity contribution is 6.02. The number of carbonyl (C=O) groups is 2. The Morgan fingerprint density at radius 1 is 1.37 bits per heavy atom. The molecule has 2 aromatic heterocycles. The Balaban J connectivity index is 2.13. The summed E-state index contributed by atoms with van der Waals surface area (Å²) in [7, 11) is 0. The zero-order chi connectivity index (χ0) is 13.8. The monoisotopic (exact) mass is 260 g/mol. The Bertz CT molecular complexity index is 594. The number of carbonyl (C=O) groups excluding carboxylic acids is 1. The standard InChI is InChI=1S/C12H12N4O3/c1-7(8-4-2-3-5-13-8)16-11(17)9-10(12(18)19)15-6-14-9/h2-7H,1H3,(H,14,15)(H,16,17)(H,18,19). The predicted octanol–water partition coefficient (Wildman–Crippen LogP) is 0.994. The van der Waals surface area contributed by atoms with Crippen LogP contribution >= 0.6 is 0 Å². The molecule has 0 aromatic carbocycles. The number of pyridine rings is 1. The lowest BCUT2D eigenvalue weighted by Gasteiger charge is -2.12. The van der Waals surface area contributed by atoms with E-state index in [0.717, 1.165) is 0 Å². The number of rotatable bonds is 4. The largest absolute Gasteiger partial charge is 0.477 e. The molecule has 2 aromatic rings. The maximum Gasteiger partial charge on any atom is 0.354 e. The van der Waals surface area contributed by atoms with E-state index in [4.69, 9.17) is 5.11 Å². The number of hydrogen-bond donors (Lipinski definition) is 3. The highest BCUT2D eigenvalue weighted by atomic mass is 16.4. The lowest BCUT2D eigenvalue weighted by atomic mass is 10.2. The van der Waals surface area contributed by atoms with Crippen LogP contribution in [0.5, 0.6) is 0 Å². The lowest BCUT2D eigenvalue weighted by molar-refractivity contribution is 0.0684. The van der Waals surface area contributed by atoms with E-state index in [0.29, 0.717) is 5.69 Å². The Morgan fingerprint density at radius 3 is 2.79 bits per heavy atom. The van der Waals surface area contributed by atoms with Crippen molar-refractivity contribution in [2.45, 2.75) is 13.0 Å². The maximum atomic E-state index is 11.9. The molecular weight excluding hydrogens is 248 g/mol. The van der Waals surface area contributed by atoms with Gasteiger partial charge in [0.2, 0.25) is 0 Å². The number of nitrogens with zero attached hydrogens (tertiary/aromatic N) is 2. The van der Waals surface area contributed by atoms with Gasteiger partial charge in [0.25, 0.3) is 5.91 Å². The first-order valence-corrected chi connectivity index (χ1v) is 5.58. The van der Waals surface area contributed by atoms with Crippen molar-refractivity contribution in [2.24, 2.45) is 0 Å². The number of imidazole rings is 1. The second kappa shape index (κ2) is 5.30. The van der Waals surface area contributed by atoms with Crippen molar-refractivity contribution in [3.63, 3.8) is 0 Å². The Morgan fingerprint density at radius 2 is 2.16 bits per heavy atom. The summed E-state index contributed by atoms with van der Waals surface area (Å²) >= 11 is 0.